The van der Waals surface area contributed by atoms with Gasteiger partial charge in [-0.2, -0.15) is 0 Å². The molecule has 0 fully saturated rings. The summed E-state index contributed by atoms with van der Waals surface area (Å²) < 4.78 is 0. The second-order valence-electron chi connectivity index (χ2n) is 4.64. The average Bonchev–Trinajstić information content (AvgIpc) is 2.46. The summed E-state index contributed by atoms with van der Waals surface area (Å²) >= 11 is 6.07. The lowest BCUT2D eigenvalue weighted by Crippen LogP contribution is -2.23. The number of pyridine rings is 1. The van der Waals surface area contributed by atoms with Crippen LogP contribution < -0.4 is 4.90 Å². The Kier molecular flexibility index (Phi) is 4.80. The summed E-state index contributed by atoms with van der Waals surface area (Å²) in [6, 6.07) is 10.6. The zero-order valence-electron chi connectivity index (χ0n) is 11.4. The number of rotatable bonds is 5. The molecule has 0 unspecified atom stereocenters. The van der Waals surface area contributed by atoms with Crippen molar-refractivity contribution in [2.45, 2.75) is 26.3 Å². The van der Waals surface area contributed by atoms with E-state index in [1.165, 1.54) is 22.4 Å². The van der Waals surface area contributed by atoms with Gasteiger partial charge in [-0.05, 0) is 43.2 Å². The van der Waals surface area contributed by atoms with E-state index in [9.17, 15) is 0 Å². The Morgan fingerprint density at radius 2 is 1.89 bits per heavy atom. The predicted molar refractivity (Wildman–Crippen MR) is 81.7 cm³/mol. The second kappa shape index (κ2) is 6.58. The molecule has 1 heterocycles. The summed E-state index contributed by atoms with van der Waals surface area (Å²) in [6.07, 6.45) is 3.67. The first kappa shape index (κ1) is 13.9. The van der Waals surface area contributed by atoms with E-state index < -0.39 is 0 Å². The van der Waals surface area contributed by atoms with Crippen LogP contribution in [-0.2, 0) is 12.4 Å². The van der Waals surface area contributed by atoms with Crippen LogP contribution in [0.2, 0.25) is 0 Å². The Hall–Kier alpha value is -1.54. The van der Waals surface area contributed by atoms with E-state index >= 15 is 0 Å². The topological polar surface area (TPSA) is 16.1 Å². The molecule has 1 aromatic heterocycles. The maximum absolute atomic E-state index is 6.07. The van der Waals surface area contributed by atoms with E-state index in [4.69, 9.17) is 11.6 Å². The molecule has 0 atom stereocenters. The Morgan fingerprint density at radius 3 is 2.53 bits per heavy atom. The molecule has 2 aromatic rings. The van der Waals surface area contributed by atoms with Crippen LogP contribution in [0.15, 0.2) is 42.7 Å². The van der Waals surface area contributed by atoms with Gasteiger partial charge in [0, 0.05) is 37.1 Å². The van der Waals surface area contributed by atoms with E-state index in [-0.39, 0.29) is 0 Å². The van der Waals surface area contributed by atoms with Crippen LogP contribution in [0.4, 0.5) is 5.69 Å². The van der Waals surface area contributed by atoms with E-state index in [1.807, 2.05) is 12.4 Å². The van der Waals surface area contributed by atoms with Gasteiger partial charge in [-0.25, -0.2) is 0 Å². The van der Waals surface area contributed by atoms with Crippen molar-refractivity contribution < 1.29 is 0 Å². The van der Waals surface area contributed by atoms with Crippen molar-refractivity contribution in [2.75, 3.05) is 11.4 Å². The molecule has 3 heteroatoms. The molecule has 1 aromatic carbocycles. The lowest BCUT2D eigenvalue weighted by atomic mass is 10.1. The summed E-state index contributed by atoms with van der Waals surface area (Å²) in [7, 11) is 0. The van der Waals surface area contributed by atoms with Crippen molar-refractivity contribution in [3.05, 3.63) is 59.4 Å². The van der Waals surface area contributed by atoms with Crippen molar-refractivity contribution in [2.24, 2.45) is 0 Å². The van der Waals surface area contributed by atoms with Gasteiger partial charge in [-0.3, -0.25) is 4.98 Å². The molecule has 0 aliphatic rings. The minimum Gasteiger partial charge on any atom is -0.367 e. The van der Waals surface area contributed by atoms with Crippen LogP contribution in [0.1, 0.15) is 23.6 Å². The van der Waals surface area contributed by atoms with Crippen molar-refractivity contribution in [1.29, 1.82) is 0 Å². The number of halogens is 1. The molecule has 2 rings (SSSR count). The van der Waals surface area contributed by atoms with Gasteiger partial charge >= 0.3 is 0 Å². The molecule has 100 valence electrons. The van der Waals surface area contributed by atoms with Gasteiger partial charge in [0.25, 0.3) is 0 Å². The van der Waals surface area contributed by atoms with Crippen LogP contribution in [0.5, 0.6) is 0 Å². The fraction of sp³-hybridized carbons (Fsp3) is 0.312. The lowest BCUT2D eigenvalue weighted by Gasteiger charge is -2.25. The SMILES string of the molecule is CCN(Cc1ccncc1)c1ccc(C)cc1CCl. The number of nitrogens with zero attached hydrogens (tertiary/aromatic N) is 2. The Bertz CT molecular complexity index is 526. The van der Waals surface area contributed by atoms with Crippen LogP contribution in [0.3, 0.4) is 0 Å². The minimum atomic E-state index is 0.545. The highest BCUT2D eigenvalue weighted by Gasteiger charge is 2.10. The number of alkyl halides is 1. The standard InChI is InChI=1S/C16H19ClN2/c1-3-19(12-14-6-8-18-9-7-14)16-5-4-13(2)10-15(16)11-17/h4-10H,3,11-12H2,1-2H3. The van der Waals surface area contributed by atoms with Crippen LogP contribution in [-0.4, -0.2) is 11.5 Å². The first-order chi connectivity index (χ1) is 9.24. The Morgan fingerprint density at radius 1 is 1.16 bits per heavy atom. The van der Waals surface area contributed by atoms with Crippen molar-refractivity contribution in [3.63, 3.8) is 0 Å². The molecule has 0 N–H and O–H groups in total. The quantitative estimate of drug-likeness (QED) is 0.761. The molecular formula is C16H19ClN2. The van der Waals surface area contributed by atoms with Crippen molar-refractivity contribution >= 4 is 17.3 Å². The Balaban J connectivity index is 2.27. The highest BCUT2D eigenvalue weighted by Crippen LogP contribution is 2.25. The fourth-order valence-corrected chi connectivity index (χ4v) is 2.42. The first-order valence-corrected chi connectivity index (χ1v) is 7.07. The van der Waals surface area contributed by atoms with Gasteiger partial charge in [0.1, 0.15) is 0 Å². The lowest BCUT2D eigenvalue weighted by molar-refractivity contribution is 0.825. The molecule has 0 spiro atoms. The molecule has 0 radical (unpaired) electrons. The predicted octanol–water partition coefficient (Wildman–Crippen LogP) is 4.16. The van der Waals surface area contributed by atoms with Crippen molar-refractivity contribution in [3.8, 4) is 0 Å². The van der Waals surface area contributed by atoms with Crippen LogP contribution in [0, 0.1) is 6.92 Å². The fourth-order valence-electron chi connectivity index (χ4n) is 2.21. The summed E-state index contributed by atoms with van der Waals surface area (Å²) in [5.41, 5.74) is 4.93. The summed E-state index contributed by atoms with van der Waals surface area (Å²) in [6.45, 7) is 6.10. The van der Waals surface area contributed by atoms with E-state index in [2.05, 4.69) is 54.1 Å². The monoisotopic (exact) mass is 274 g/mol. The number of benzene rings is 1. The maximum Gasteiger partial charge on any atom is 0.0494 e. The average molecular weight is 275 g/mol. The third-order valence-corrected chi connectivity index (χ3v) is 3.51. The summed E-state index contributed by atoms with van der Waals surface area (Å²) in [5.74, 6) is 0.545. The highest BCUT2D eigenvalue weighted by atomic mass is 35.5. The van der Waals surface area contributed by atoms with Crippen molar-refractivity contribution in [1.82, 2.24) is 4.98 Å². The summed E-state index contributed by atoms with van der Waals surface area (Å²) in [4.78, 5) is 6.40. The zero-order chi connectivity index (χ0) is 13.7. The Labute approximate surface area is 120 Å². The zero-order valence-corrected chi connectivity index (χ0v) is 12.2. The summed E-state index contributed by atoms with van der Waals surface area (Å²) in [5, 5.41) is 0. The minimum absolute atomic E-state index is 0.545. The molecule has 0 saturated carbocycles. The van der Waals surface area contributed by atoms with Crippen LogP contribution >= 0.6 is 11.6 Å². The molecule has 0 bridgehead atoms. The third-order valence-electron chi connectivity index (χ3n) is 3.22. The van der Waals surface area contributed by atoms with E-state index in [0.29, 0.717) is 5.88 Å². The molecule has 0 saturated heterocycles. The van der Waals surface area contributed by atoms with Crippen LogP contribution in [0.25, 0.3) is 0 Å². The molecule has 0 aliphatic heterocycles. The van der Waals surface area contributed by atoms with Gasteiger partial charge in [0.15, 0.2) is 0 Å². The van der Waals surface area contributed by atoms with Gasteiger partial charge < -0.3 is 4.90 Å². The number of hydrogen-bond acceptors (Lipinski definition) is 2. The highest BCUT2D eigenvalue weighted by molar-refractivity contribution is 6.17. The van der Waals surface area contributed by atoms with Gasteiger partial charge in [0.2, 0.25) is 0 Å². The first-order valence-electron chi connectivity index (χ1n) is 6.54. The number of aromatic nitrogens is 1. The van der Waals surface area contributed by atoms with Gasteiger partial charge in [-0.15, -0.1) is 11.6 Å². The molecule has 19 heavy (non-hydrogen) atoms. The maximum atomic E-state index is 6.07. The molecule has 0 amide bonds. The molecule has 0 aliphatic carbocycles. The molecule has 2 nitrogen and oxygen atoms in total. The third kappa shape index (κ3) is 3.48. The van der Waals surface area contributed by atoms with E-state index in [0.717, 1.165) is 13.1 Å². The number of aryl methyl sites for hydroxylation is 1. The number of anilines is 1. The van der Waals surface area contributed by atoms with Gasteiger partial charge in [0.05, 0.1) is 0 Å². The number of hydrogen-bond donors (Lipinski definition) is 0. The van der Waals surface area contributed by atoms with Gasteiger partial charge in [-0.1, -0.05) is 17.7 Å². The smallest absolute Gasteiger partial charge is 0.0494 e. The normalized spacial score (nSPS) is 10.5. The second-order valence-corrected chi connectivity index (χ2v) is 4.90. The van der Waals surface area contributed by atoms with E-state index in [1.54, 1.807) is 0 Å². The molecular weight excluding hydrogens is 256 g/mol. The largest absolute Gasteiger partial charge is 0.367 e.